The summed E-state index contributed by atoms with van der Waals surface area (Å²) in [5.41, 5.74) is 2.78. The van der Waals surface area contributed by atoms with Gasteiger partial charge >= 0.3 is 0 Å². The third kappa shape index (κ3) is 5.42. The Labute approximate surface area is 222 Å². The Kier molecular flexibility index (Phi) is 7.89. The van der Waals surface area contributed by atoms with Crippen LogP contribution in [0, 0.1) is 17.7 Å². The number of hydrogen-bond acceptors (Lipinski definition) is 4. The lowest BCUT2D eigenvalue weighted by Gasteiger charge is -2.35. The van der Waals surface area contributed by atoms with Gasteiger partial charge in [0, 0.05) is 18.0 Å². The highest BCUT2D eigenvalue weighted by atomic mass is 32.1. The van der Waals surface area contributed by atoms with Gasteiger partial charge in [-0.1, -0.05) is 57.4 Å². The minimum atomic E-state index is -0.466. The number of para-hydroxylation sites is 1. The molecule has 37 heavy (non-hydrogen) atoms. The van der Waals surface area contributed by atoms with Crippen LogP contribution in [-0.2, 0) is 9.59 Å². The molecule has 1 N–H and O–H groups in total. The minimum Gasteiger partial charge on any atom is -0.344 e. The maximum atomic E-state index is 14.1. The molecule has 0 bridgehead atoms. The van der Waals surface area contributed by atoms with Gasteiger partial charge in [0.15, 0.2) is 0 Å². The van der Waals surface area contributed by atoms with E-state index in [1.54, 1.807) is 23.5 Å². The first-order valence-corrected chi connectivity index (χ1v) is 14.5. The second kappa shape index (κ2) is 11.3. The second-order valence-corrected chi connectivity index (χ2v) is 11.7. The predicted octanol–water partition coefficient (Wildman–Crippen LogP) is 6.88. The van der Waals surface area contributed by atoms with E-state index in [0.717, 1.165) is 71.3 Å². The van der Waals surface area contributed by atoms with Gasteiger partial charge in [0.05, 0.1) is 16.3 Å². The SMILES string of the molecule is CC[C@@H](C)C(=O)N[C@H](C(=O)N1CCC[C@H]1c1nc2c(-c3ccc(F)cc3)cccc2s1)C1CCCCC1. The van der Waals surface area contributed by atoms with Gasteiger partial charge in [-0.3, -0.25) is 9.59 Å². The average Bonchev–Trinajstić information content (AvgIpc) is 3.59. The summed E-state index contributed by atoms with van der Waals surface area (Å²) < 4.78 is 14.6. The molecular weight excluding hydrogens is 485 g/mol. The molecule has 0 unspecified atom stereocenters. The molecule has 1 aromatic heterocycles. The highest BCUT2D eigenvalue weighted by Crippen LogP contribution is 2.40. The van der Waals surface area contributed by atoms with E-state index in [1.165, 1.54) is 18.6 Å². The Morgan fingerprint density at radius 3 is 2.57 bits per heavy atom. The van der Waals surface area contributed by atoms with Crippen LogP contribution in [0.15, 0.2) is 42.5 Å². The van der Waals surface area contributed by atoms with Crippen LogP contribution in [0.3, 0.4) is 0 Å². The van der Waals surface area contributed by atoms with Crippen LogP contribution in [0.2, 0.25) is 0 Å². The summed E-state index contributed by atoms with van der Waals surface area (Å²) in [4.78, 5) is 34.0. The van der Waals surface area contributed by atoms with Crippen LogP contribution in [0.25, 0.3) is 21.3 Å². The number of nitrogens with one attached hydrogen (secondary N) is 1. The molecule has 196 valence electrons. The minimum absolute atomic E-state index is 0.0221. The normalized spacial score (nSPS) is 20.2. The molecule has 2 aliphatic rings. The van der Waals surface area contributed by atoms with Gasteiger partial charge in [-0.05, 0) is 61.8 Å². The topological polar surface area (TPSA) is 62.3 Å². The van der Waals surface area contributed by atoms with Crippen molar-refractivity contribution in [2.24, 2.45) is 11.8 Å². The van der Waals surface area contributed by atoms with Crippen molar-refractivity contribution in [2.75, 3.05) is 6.54 Å². The maximum Gasteiger partial charge on any atom is 0.246 e. The van der Waals surface area contributed by atoms with E-state index in [9.17, 15) is 14.0 Å². The Morgan fingerprint density at radius 2 is 1.84 bits per heavy atom. The Balaban J connectivity index is 1.44. The maximum absolute atomic E-state index is 14.1. The smallest absolute Gasteiger partial charge is 0.246 e. The number of aromatic nitrogens is 1. The summed E-state index contributed by atoms with van der Waals surface area (Å²) in [6.07, 6.45) is 7.94. The van der Waals surface area contributed by atoms with Gasteiger partial charge < -0.3 is 10.2 Å². The largest absolute Gasteiger partial charge is 0.344 e. The summed E-state index contributed by atoms with van der Waals surface area (Å²) in [7, 11) is 0. The Bertz CT molecular complexity index is 1250. The fraction of sp³-hybridized carbons (Fsp3) is 0.500. The number of carbonyl (C=O) groups is 2. The molecule has 2 fully saturated rings. The summed E-state index contributed by atoms with van der Waals surface area (Å²) in [6.45, 7) is 4.62. The lowest BCUT2D eigenvalue weighted by Crippen LogP contribution is -2.53. The molecule has 7 heteroatoms. The number of hydrogen-bond donors (Lipinski definition) is 1. The number of amides is 2. The monoisotopic (exact) mass is 521 g/mol. The fourth-order valence-electron chi connectivity index (χ4n) is 5.77. The van der Waals surface area contributed by atoms with Crippen LogP contribution in [0.5, 0.6) is 0 Å². The van der Waals surface area contributed by atoms with Crippen LogP contribution >= 0.6 is 11.3 Å². The molecule has 1 saturated heterocycles. The van der Waals surface area contributed by atoms with E-state index in [-0.39, 0.29) is 35.5 Å². The van der Waals surface area contributed by atoms with Gasteiger partial charge in [0.2, 0.25) is 11.8 Å². The van der Waals surface area contributed by atoms with Gasteiger partial charge in [-0.15, -0.1) is 11.3 Å². The Hall–Kier alpha value is -2.80. The lowest BCUT2D eigenvalue weighted by atomic mass is 9.83. The average molecular weight is 522 g/mol. The Morgan fingerprint density at radius 1 is 1.08 bits per heavy atom. The first-order valence-electron chi connectivity index (χ1n) is 13.7. The predicted molar refractivity (Wildman–Crippen MR) is 147 cm³/mol. The number of halogens is 1. The highest BCUT2D eigenvalue weighted by Gasteiger charge is 2.40. The zero-order chi connectivity index (χ0) is 25.9. The quantitative estimate of drug-likeness (QED) is 0.369. The molecule has 5 rings (SSSR count). The van der Waals surface area contributed by atoms with E-state index in [2.05, 4.69) is 11.4 Å². The van der Waals surface area contributed by atoms with Crippen molar-refractivity contribution in [1.29, 1.82) is 0 Å². The molecule has 3 aromatic rings. The molecular formula is C30H36FN3O2S. The van der Waals surface area contributed by atoms with Crippen molar-refractivity contribution < 1.29 is 14.0 Å². The van der Waals surface area contributed by atoms with Crippen molar-refractivity contribution in [1.82, 2.24) is 15.2 Å². The lowest BCUT2D eigenvalue weighted by molar-refractivity contribution is -0.140. The molecule has 0 spiro atoms. The molecule has 0 radical (unpaired) electrons. The van der Waals surface area contributed by atoms with E-state index in [1.807, 2.05) is 30.9 Å². The van der Waals surface area contributed by atoms with E-state index in [4.69, 9.17) is 4.98 Å². The number of thiazole rings is 1. The molecule has 2 aromatic carbocycles. The second-order valence-electron chi connectivity index (χ2n) is 10.6. The van der Waals surface area contributed by atoms with Crippen LogP contribution in [0.4, 0.5) is 4.39 Å². The number of rotatable bonds is 7. The molecule has 5 nitrogen and oxygen atoms in total. The molecule has 1 aliphatic heterocycles. The summed E-state index contributed by atoms with van der Waals surface area (Å²) in [5.74, 6) is -0.156. The number of benzene rings is 2. The third-order valence-corrected chi connectivity index (χ3v) is 9.28. The molecule has 2 amide bonds. The van der Waals surface area contributed by atoms with Gasteiger partial charge in [-0.2, -0.15) is 0 Å². The molecule has 1 aliphatic carbocycles. The number of carbonyl (C=O) groups excluding carboxylic acids is 2. The summed E-state index contributed by atoms with van der Waals surface area (Å²) in [6, 6.07) is 12.0. The van der Waals surface area contributed by atoms with Gasteiger partial charge in [0.25, 0.3) is 0 Å². The number of fused-ring (bicyclic) bond motifs is 1. The standard InChI is InChI=1S/C30H36FN3O2S/c1-3-19(2)28(35)32-26(21-9-5-4-6-10-21)30(36)34-18-8-12-24(34)29-33-27-23(11-7-13-25(27)37-29)20-14-16-22(31)17-15-20/h7,11,13-17,19,21,24,26H,3-6,8-10,12,18H2,1-2H3,(H,32,35)/t19-,24+,26+/m1/s1. The number of likely N-dealkylation sites (tertiary alicyclic amines) is 1. The zero-order valence-corrected chi connectivity index (χ0v) is 22.5. The molecule has 1 saturated carbocycles. The van der Waals surface area contributed by atoms with Crippen LogP contribution in [0.1, 0.15) is 76.3 Å². The van der Waals surface area contributed by atoms with Crippen LogP contribution in [-0.4, -0.2) is 34.3 Å². The van der Waals surface area contributed by atoms with Crippen molar-refractivity contribution in [2.45, 2.75) is 77.3 Å². The summed E-state index contributed by atoms with van der Waals surface area (Å²) in [5, 5.41) is 4.11. The van der Waals surface area contributed by atoms with E-state index in [0.29, 0.717) is 6.54 Å². The fourth-order valence-corrected chi connectivity index (χ4v) is 6.91. The van der Waals surface area contributed by atoms with Crippen molar-refractivity contribution in [3.05, 3.63) is 53.3 Å². The van der Waals surface area contributed by atoms with E-state index < -0.39 is 6.04 Å². The first kappa shape index (κ1) is 25.8. The third-order valence-electron chi connectivity index (χ3n) is 8.16. The molecule has 2 heterocycles. The highest BCUT2D eigenvalue weighted by molar-refractivity contribution is 7.18. The number of nitrogens with zero attached hydrogens (tertiary/aromatic N) is 2. The zero-order valence-electron chi connectivity index (χ0n) is 21.7. The van der Waals surface area contributed by atoms with Crippen molar-refractivity contribution >= 4 is 33.4 Å². The van der Waals surface area contributed by atoms with Crippen molar-refractivity contribution in [3.63, 3.8) is 0 Å². The van der Waals surface area contributed by atoms with E-state index >= 15 is 0 Å². The van der Waals surface area contributed by atoms with Crippen LogP contribution < -0.4 is 5.32 Å². The van der Waals surface area contributed by atoms with Gasteiger partial charge in [-0.25, -0.2) is 9.37 Å². The van der Waals surface area contributed by atoms with Crippen molar-refractivity contribution in [3.8, 4) is 11.1 Å². The summed E-state index contributed by atoms with van der Waals surface area (Å²) >= 11 is 1.63. The molecule has 3 atom stereocenters. The first-order chi connectivity index (χ1) is 18.0. The van der Waals surface area contributed by atoms with Gasteiger partial charge in [0.1, 0.15) is 16.9 Å².